The molecule has 0 unspecified atom stereocenters. The van der Waals surface area contributed by atoms with E-state index < -0.39 is 0 Å². The van der Waals surface area contributed by atoms with Crippen molar-refractivity contribution in [3.05, 3.63) is 71.3 Å². The largest absolute Gasteiger partial charge is 0.465 e. The quantitative estimate of drug-likeness (QED) is 0.762. The number of methoxy groups -OCH3 is 1. The standard InChI is InChI=1S/C18H21NO2.ClH/c1-19(12-11-15-7-4-3-5-8-15)14-16-9-6-10-17(13-16)18(20)21-2;/h3-10,13H,11-12,14H2,1-2H3;1H. The molecule has 0 amide bonds. The van der Waals surface area contributed by atoms with Gasteiger partial charge in [0.25, 0.3) is 0 Å². The van der Waals surface area contributed by atoms with Crippen LogP contribution in [-0.2, 0) is 17.7 Å². The molecule has 4 heteroatoms. The van der Waals surface area contributed by atoms with Gasteiger partial charge >= 0.3 is 5.97 Å². The summed E-state index contributed by atoms with van der Waals surface area (Å²) in [5.41, 5.74) is 3.06. The van der Waals surface area contributed by atoms with Crippen LogP contribution in [-0.4, -0.2) is 31.6 Å². The number of nitrogens with zero attached hydrogens (tertiary/aromatic N) is 1. The van der Waals surface area contributed by atoms with Crippen molar-refractivity contribution in [2.75, 3.05) is 20.7 Å². The van der Waals surface area contributed by atoms with Gasteiger partial charge in [0, 0.05) is 13.1 Å². The van der Waals surface area contributed by atoms with E-state index in [1.54, 1.807) is 6.07 Å². The van der Waals surface area contributed by atoms with Crippen LogP contribution in [0.25, 0.3) is 0 Å². The molecule has 0 spiro atoms. The van der Waals surface area contributed by atoms with Gasteiger partial charge in [-0.15, -0.1) is 12.4 Å². The van der Waals surface area contributed by atoms with Crippen LogP contribution in [0.5, 0.6) is 0 Å². The number of hydrogen-bond acceptors (Lipinski definition) is 3. The zero-order valence-electron chi connectivity index (χ0n) is 13.0. The van der Waals surface area contributed by atoms with E-state index in [9.17, 15) is 4.79 Å². The summed E-state index contributed by atoms with van der Waals surface area (Å²) in [7, 11) is 3.49. The van der Waals surface area contributed by atoms with E-state index in [0.29, 0.717) is 5.56 Å². The molecule has 22 heavy (non-hydrogen) atoms. The highest BCUT2D eigenvalue weighted by atomic mass is 35.5. The molecule has 0 N–H and O–H groups in total. The Hall–Kier alpha value is -1.84. The fourth-order valence-corrected chi connectivity index (χ4v) is 2.27. The van der Waals surface area contributed by atoms with Gasteiger partial charge < -0.3 is 9.64 Å². The van der Waals surface area contributed by atoms with E-state index in [4.69, 9.17) is 4.74 Å². The third-order valence-electron chi connectivity index (χ3n) is 3.43. The van der Waals surface area contributed by atoms with E-state index in [1.807, 2.05) is 24.3 Å². The second kappa shape index (κ2) is 9.23. The Morgan fingerprint density at radius 2 is 1.73 bits per heavy atom. The van der Waals surface area contributed by atoms with Crippen molar-refractivity contribution in [1.82, 2.24) is 4.90 Å². The molecule has 0 atom stereocenters. The van der Waals surface area contributed by atoms with Crippen molar-refractivity contribution in [3.63, 3.8) is 0 Å². The minimum atomic E-state index is -0.288. The zero-order chi connectivity index (χ0) is 15.1. The Labute approximate surface area is 138 Å². The van der Waals surface area contributed by atoms with E-state index in [-0.39, 0.29) is 18.4 Å². The number of halogens is 1. The number of likely N-dealkylation sites (N-methyl/N-ethyl adjacent to an activating group) is 1. The normalized spacial score (nSPS) is 10.1. The van der Waals surface area contributed by atoms with Gasteiger partial charge in [0.2, 0.25) is 0 Å². The average Bonchev–Trinajstić information content (AvgIpc) is 2.53. The topological polar surface area (TPSA) is 29.5 Å². The molecule has 2 aromatic rings. The molecule has 0 aliphatic heterocycles. The van der Waals surface area contributed by atoms with Crippen molar-refractivity contribution in [3.8, 4) is 0 Å². The van der Waals surface area contributed by atoms with Crippen molar-refractivity contribution in [1.29, 1.82) is 0 Å². The highest BCUT2D eigenvalue weighted by Crippen LogP contribution is 2.09. The number of esters is 1. The van der Waals surface area contributed by atoms with Gasteiger partial charge in [0.15, 0.2) is 0 Å². The number of ether oxygens (including phenoxy) is 1. The van der Waals surface area contributed by atoms with Crippen LogP contribution < -0.4 is 0 Å². The molecule has 0 fully saturated rings. The molecule has 0 bridgehead atoms. The summed E-state index contributed by atoms with van der Waals surface area (Å²) in [5.74, 6) is -0.288. The number of carbonyl (C=O) groups is 1. The van der Waals surface area contributed by atoms with E-state index in [2.05, 4.69) is 36.2 Å². The maximum atomic E-state index is 11.5. The molecule has 0 saturated heterocycles. The Bertz CT molecular complexity index is 587. The van der Waals surface area contributed by atoms with Crippen LogP contribution in [0.1, 0.15) is 21.5 Å². The molecule has 2 aromatic carbocycles. The lowest BCUT2D eigenvalue weighted by molar-refractivity contribution is 0.0600. The van der Waals surface area contributed by atoms with E-state index >= 15 is 0 Å². The van der Waals surface area contributed by atoms with Gasteiger partial charge in [-0.05, 0) is 36.7 Å². The Kier molecular flexibility index (Phi) is 7.64. The fraction of sp³-hybridized carbons (Fsp3) is 0.278. The van der Waals surface area contributed by atoms with Crippen molar-refractivity contribution >= 4 is 18.4 Å². The Morgan fingerprint density at radius 1 is 1.05 bits per heavy atom. The van der Waals surface area contributed by atoms with Crippen molar-refractivity contribution in [2.24, 2.45) is 0 Å². The fourth-order valence-electron chi connectivity index (χ4n) is 2.27. The number of rotatable bonds is 6. The first-order chi connectivity index (χ1) is 10.2. The summed E-state index contributed by atoms with van der Waals surface area (Å²) in [5, 5.41) is 0. The highest BCUT2D eigenvalue weighted by Gasteiger charge is 2.07. The first kappa shape index (κ1) is 18.2. The monoisotopic (exact) mass is 319 g/mol. The highest BCUT2D eigenvalue weighted by molar-refractivity contribution is 5.89. The van der Waals surface area contributed by atoms with Crippen LogP contribution in [0, 0.1) is 0 Å². The lowest BCUT2D eigenvalue weighted by atomic mass is 10.1. The third kappa shape index (κ3) is 5.51. The Morgan fingerprint density at radius 3 is 2.41 bits per heavy atom. The van der Waals surface area contributed by atoms with Crippen LogP contribution >= 0.6 is 12.4 Å². The van der Waals surface area contributed by atoms with Gasteiger partial charge in [-0.1, -0.05) is 42.5 Å². The summed E-state index contributed by atoms with van der Waals surface area (Å²) < 4.78 is 4.75. The first-order valence-electron chi connectivity index (χ1n) is 7.09. The molecule has 0 aliphatic rings. The number of benzene rings is 2. The van der Waals surface area contributed by atoms with Gasteiger partial charge in [0.1, 0.15) is 0 Å². The Balaban J connectivity index is 0.00000242. The minimum Gasteiger partial charge on any atom is -0.465 e. The number of hydrogen-bond donors (Lipinski definition) is 0. The molecule has 0 radical (unpaired) electrons. The first-order valence-corrected chi connectivity index (χ1v) is 7.09. The summed E-state index contributed by atoms with van der Waals surface area (Å²) >= 11 is 0. The maximum absolute atomic E-state index is 11.5. The third-order valence-corrected chi connectivity index (χ3v) is 3.43. The molecule has 0 aliphatic carbocycles. The SMILES string of the molecule is COC(=O)c1cccc(CN(C)CCc2ccccc2)c1.Cl. The molecule has 0 aromatic heterocycles. The van der Waals surface area contributed by atoms with Gasteiger partial charge in [-0.25, -0.2) is 4.79 Å². The van der Waals surface area contributed by atoms with Crippen LogP contribution in [0.15, 0.2) is 54.6 Å². The average molecular weight is 320 g/mol. The summed E-state index contributed by atoms with van der Waals surface area (Å²) in [6.07, 6.45) is 1.02. The summed E-state index contributed by atoms with van der Waals surface area (Å²) in [6, 6.07) is 18.1. The van der Waals surface area contributed by atoms with Crippen LogP contribution in [0.4, 0.5) is 0 Å². The smallest absolute Gasteiger partial charge is 0.337 e. The molecule has 2 rings (SSSR count). The van der Waals surface area contributed by atoms with E-state index in [0.717, 1.165) is 25.1 Å². The van der Waals surface area contributed by atoms with Crippen LogP contribution in [0.2, 0.25) is 0 Å². The lowest BCUT2D eigenvalue weighted by Crippen LogP contribution is -2.20. The predicted molar refractivity (Wildman–Crippen MR) is 91.5 cm³/mol. The second-order valence-corrected chi connectivity index (χ2v) is 5.17. The zero-order valence-corrected chi connectivity index (χ0v) is 13.8. The van der Waals surface area contributed by atoms with Gasteiger partial charge in [-0.3, -0.25) is 0 Å². The summed E-state index contributed by atoms with van der Waals surface area (Å²) in [4.78, 5) is 13.8. The molecular weight excluding hydrogens is 298 g/mol. The molecular formula is C18H22ClNO2. The second-order valence-electron chi connectivity index (χ2n) is 5.17. The van der Waals surface area contributed by atoms with E-state index in [1.165, 1.54) is 12.7 Å². The van der Waals surface area contributed by atoms with Crippen molar-refractivity contribution in [2.45, 2.75) is 13.0 Å². The molecule has 118 valence electrons. The van der Waals surface area contributed by atoms with Gasteiger partial charge in [-0.2, -0.15) is 0 Å². The van der Waals surface area contributed by atoms with Crippen molar-refractivity contribution < 1.29 is 9.53 Å². The maximum Gasteiger partial charge on any atom is 0.337 e. The van der Waals surface area contributed by atoms with Crippen LogP contribution in [0.3, 0.4) is 0 Å². The molecule has 0 saturated carbocycles. The molecule has 0 heterocycles. The molecule has 3 nitrogen and oxygen atoms in total. The van der Waals surface area contributed by atoms with Gasteiger partial charge in [0.05, 0.1) is 12.7 Å². The lowest BCUT2D eigenvalue weighted by Gasteiger charge is -2.17. The minimum absolute atomic E-state index is 0. The predicted octanol–water partition coefficient (Wildman–Crippen LogP) is 3.57. The summed E-state index contributed by atoms with van der Waals surface area (Å²) in [6.45, 7) is 1.80. The number of carbonyl (C=O) groups excluding carboxylic acids is 1.